The molecule has 1 unspecified atom stereocenters. The highest BCUT2D eigenvalue weighted by Gasteiger charge is 2.33. The van der Waals surface area contributed by atoms with E-state index in [0.29, 0.717) is 19.5 Å². The van der Waals surface area contributed by atoms with Crippen LogP contribution in [-0.4, -0.2) is 82.2 Å². The quantitative estimate of drug-likeness (QED) is 0.558. The lowest BCUT2D eigenvalue weighted by molar-refractivity contribution is -0.134. The highest BCUT2D eigenvalue weighted by Crippen LogP contribution is 2.28. The highest BCUT2D eigenvalue weighted by molar-refractivity contribution is 7.91. The first-order valence-corrected chi connectivity index (χ1v) is 13.1. The molecule has 1 aromatic carbocycles. The Morgan fingerprint density at radius 2 is 1.93 bits per heavy atom. The second kappa shape index (κ2) is 8.81. The molecule has 2 heterocycles. The maximum atomic E-state index is 12.8. The molecule has 2 fully saturated rings. The molecule has 0 aromatic heterocycles. The van der Waals surface area contributed by atoms with Gasteiger partial charge >= 0.3 is 5.97 Å². The van der Waals surface area contributed by atoms with Gasteiger partial charge in [-0.05, 0) is 37.5 Å². The number of likely N-dealkylation sites (N-methyl/N-ethyl adjacent to an activating group) is 1. The van der Waals surface area contributed by atoms with E-state index < -0.39 is 44.4 Å². The zero-order chi connectivity index (χ0) is 22.1. The van der Waals surface area contributed by atoms with Gasteiger partial charge in [0.2, 0.25) is 10.0 Å². The minimum atomic E-state index is -3.83. The average Bonchev–Trinajstić information content (AvgIpc) is 3.35. The summed E-state index contributed by atoms with van der Waals surface area (Å²) in [7, 11) is -5.52. The van der Waals surface area contributed by atoms with E-state index in [1.807, 2.05) is 0 Å². The molecule has 30 heavy (non-hydrogen) atoms. The largest absolute Gasteiger partial charge is 0.452 e. The Kier molecular flexibility index (Phi) is 6.75. The molecule has 1 atom stereocenters. The Morgan fingerprint density at radius 3 is 2.53 bits per heavy atom. The second-order valence-electron chi connectivity index (χ2n) is 7.39. The van der Waals surface area contributed by atoms with Crippen molar-refractivity contribution in [1.82, 2.24) is 9.21 Å². The van der Waals surface area contributed by atoms with Crippen molar-refractivity contribution in [2.24, 2.45) is 0 Å². The van der Waals surface area contributed by atoms with E-state index in [2.05, 4.69) is 0 Å². The number of rotatable bonds is 6. The van der Waals surface area contributed by atoms with Gasteiger partial charge in [0.1, 0.15) is 4.90 Å². The Labute approximate surface area is 180 Å². The fourth-order valence-electron chi connectivity index (χ4n) is 3.49. The van der Waals surface area contributed by atoms with Crippen LogP contribution in [0.4, 0.5) is 0 Å². The topological polar surface area (TPSA) is 118 Å². The smallest absolute Gasteiger partial charge is 0.338 e. The third kappa shape index (κ3) is 4.96. The van der Waals surface area contributed by atoms with Crippen molar-refractivity contribution in [3.05, 3.63) is 28.8 Å². The van der Waals surface area contributed by atoms with Crippen LogP contribution in [0.1, 0.15) is 29.6 Å². The molecule has 2 saturated heterocycles. The van der Waals surface area contributed by atoms with E-state index in [0.717, 1.165) is 18.9 Å². The maximum absolute atomic E-state index is 12.8. The van der Waals surface area contributed by atoms with Crippen LogP contribution >= 0.6 is 11.6 Å². The van der Waals surface area contributed by atoms with Crippen molar-refractivity contribution in [1.29, 1.82) is 0 Å². The van der Waals surface area contributed by atoms with Crippen molar-refractivity contribution < 1.29 is 31.2 Å². The van der Waals surface area contributed by atoms with Crippen LogP contribution in [0.3, 0.4) is 0 Å². The van der Waals surface area contributed by atoms with E-state index in [-0.39, 0.29) is 27.0 Å². The Bertz CT molecular complexity index is 1050. The van der Waals surface area contributed by atoms with Crippen molar-refractivity contribution in [3.8, 4) is 0 Å². The van der Waals surface area contributed by atoms with Crippen molar-refractivity contribution >= 4 is 43.3 Å². The SMILES string of the molecule is CN(C(=O)COC(=O)c1ccc(Cl)c(S(=O)(=O)N2CCCC2)c1)C1CCS(=O)(=O)C1. The third-order valence-corrected chi connectivity index (χ3v) is 9.46. The molecule has 12 heteroatoms. The number of hydrogen-bond acceptors (Lipinski definition) is 7. The molecule has 2 aliphatic heterocycles. The summed E-state index contributed by atoms with van der Waals surface area (Å²) >= 11 is 6.06. The number of ether oxygens (including phenoxy) is 1. The number of sulfone groups is 1. The predicted molar refractivity (Wildman–Crippen MR) is 110 cm³/mol. The second-order valence-corrected chi connectivity index (χ2v) is 11.9. The molecule has 0 aliphatic carbocycles. The molecule has 1 aromatic rings. The van der Waals surface area contributed by atoms with Gasteiger partial charge in [0.15, 0.2) is 16.4 Å². The number of amides is 1. The number of carbonyl (C=O) groups is 2. The minimum absolute atomic E-state index is 0.00305. The lowest BCUT2D eigenvalue weighted by Crippen LogP contribution is -2.40. The summed E-state index contributed by atoms with van der Waals surface area (Å²) < 4.78 is 55.0. The van der Waals surface area contributed by atoms with Crippen LogP contribution < -0.4 is 0 Å². The third-order valence-electron chi connectivity index (χ3n) is 5.33. The lowest BCUT2D eigenvalue weighted by Gasteiger charge is -2.23. The number of carbonyl (C=O) groups excluding carboxylic acids is 2. The number of hydrogen-bond donors (Lipinski definition) is 0. The Balaban J connectivity index is 1.66. The highest BCUT2D eigenvalue weighted by atomic mass is 35.5. The van der Waals surface area contributed by atoms with Gasteiger partial charge < -0.3 is 9.64 Å². The van der Waals surface area contributed by atoms with Crippen molar-refractivity contribution in [2.75, 3.05) is 38.2 Å². The van der Waals surface area contributed by atoms with Crippen LogP contribution in [0.5, 0.6) is 0 Å². The van der Waals surface area contributed by atoms with Gasteiger partial charge in [0, 0.05) is 26.2 Å². The van der Waals surface area contributed by atoms with E-state index in [4.69, 9.17) is 16.3 Å². The summed E-state index contributed by atoms with van der Waals surface area (Å²) in [4.78, 5) is 25.7. The van der Waals surface area contributed by atoms with E-state index >= 15 is 0 Å². The summed E-state index contributed by atoms with van der Waals surface area (Å²) in [5, 5.41) is -0.00305. The van der Waals surface area contributed by atoms with E-state index in [1.54, 1.807) is 0 Å². The van der Waals surface area contributed by atoms with Crippen LogP contribution in [0.15, 0.2) is 23.1 Å². The first-order valence-electron chi connectivity index (χ1n) is 9.44. The molecule has 2 aliphatic rings. The van der Waals surface area contributed by atoms with Crippen molar-refractivity contribution in [3.63, 3.8) is 0 Å². The molecule has 0 bridgehead atoms. The van der Waals surface area contributed by atoms with Gasteiger partial charge in [-0.25, -0.2) is 21.6 Å². The fraction of sp³-hybridized carbons (Fsp3) is 0.556. The normalized spacial score (nSPS) is 21.5. The molecule has 0 N–H and O–H groups in total. The molecule has 0 spiro atoms. The average molecular weight is 479 g/mol. The number of nitrogens with zero attached hydrogens (tertiary/aromatic N) is 2. The first-order chi connectivity index (χ1) is 14.0. The molecular formula is C18H23ClN2O7S2. The number of halogens is 1. The van der Waals surface area contributed by atoms with E-state index in [9.17, 15) is 26.4 Å². The number of benzene rings is 1. The van der Waals surface area contributed by atoms with Crippen LogP contribution in [0.2, 0.25) is 5.02 Å². The minimum Gasteiger partial charge on any atom is -0.452 e. The van der Waals surface area contributed by atoms with Gasteiger partial charge in [-0.2, -0.15) is 4.31 Å². The first kappa shape index (κ1) is 23.0. The van der Waals surface area contributed by atoms with E-state index in [1.165, 1.54) is 28.4 Å². The molecule has 166 valence electrons. The number of sulfonamides is 1. The van der Waals surface area contributed by atoms with Crippen molar-refractivity contribution in [2.45, 2.75) is 30.2 Å². The Hall–Kier alpha value is -1.69. The Morgan fingerprint density at radius 1 is 1.27 bits per heavy atom. The predicted octanol–water partition coefficient (Wildman–Crippen LogP) is 0.927. The van der Waals surface area contributed by atoms with Gasteiger partial charge in [-0.1, -0.05) is 11.6 Å². The van der Waals surface area contributed by atoms with Gasteiger partial charge in [-0.15, -0.1) is 0 Å². The van der Waals surface area contributed by atoms with Gasteiger partial charge in [0.25, 0.3) is 5.91 Å². The van der Waals surface area contributed by atoms with Crippen LogP contribution in [-0.2, 0) is 29.4 Å². The summed E-state index contributed by atoms with van der Waals surface area (Å²) in [6, 6.07) is 3.33. The fourth-order valence-corrected chi connectivity index (χ4v) is 7.28. The molecule has 0 radical (unpaired) electrons. The zero-order valence-electron chi connectivity index (χ0n) is 16.4. The van der Waals surface area contributed by atoms with Crippen LogP contribution in [0, 0.1) is 0 Å². The molecular weight excluding hydrogens is 456 g/mol. The standard InChI is InChI=1S/C18H23ClN2O7S2/c1-20(14-6-9-29(24,25)12-14)17(22)11-28-18(23)13-4-5-15(19)16(10-13)30(26,27)21-7-2-3-8-21/h4-5,10,14H,2-3,6-9,11-12H2,1H3. The lowest BCUT2D eigenvalue weighted by atomic mass is 10.2. The van der Waals surface area contributed by atoms with Gasteiger partial charge in [-0.3, -0.25) is 4.79 Å². The number of esters is 1. The molecule has 1 amide bonds. The molecule has 0 saturated carbocycles. The molecule has 3 rings (SSSR count). The van der Waals surface area contributed by atoms with Gasteiger partial charge in [0.05, 0.1) is 22.1 Å². The summed E-state index contributed by atoms with van der Waals surface area (Å²) in [6.07, 6.45) is 1.86. The maximum Gasteiger partial charge on any atom is 0.338 e. The summed E-state index contributed by atoms with van der Waals surface area (Å²) in [5.41, 5.74) is -0.0453. The molecule has 9 nitrogen and oxygen atoms in total. The summed E-state index contributed by atoms with van der Waals surface area (Å²) in [6.45, 7) is 0.207. The summed E-state index contributed by atoms with van der Waals surface area (Å²) in [5.74, 6) is -1.50. The van der Waals surface area contributed by atoms with Crippen LogP contribution in [0.25, 0.3) is 0 Å². The monoisotopic (exact) mass is 478 g/mol. The zero-order valence-corrected chi connectivity index (χ0v) is 18.8.